The zero-order chi connectivity index (χ0) is 22.5. The zero-order valence-electron chi connectivity index (χ0n) is 17.3. The summed E-state index contributed by atoms with van der Waals surface area (Å²) in [5.41, 5.74) is 2.64. The molecule has 0 saturated carbocycles. The lowest BCUT2D eigenvalue weighted by Crippen LogP contribution is -2.48. The molecule has 32 heavy (non-hydrogen) atoms. The summed E-state index contributed by atoms with van der Waals surface area (Å²) < 4.78 is 0. The van der Waals surface area contributed by atoms with Gasteiger partial charge in [-0.25, -0.2) is 0 Å². The Labute approximate surface area is 185 Å². The first-order chi connectivity index (χ1) is 15.5. The van der Waals surface area contributed by atoms with Crippen molar-refractivity contribution in [3.8, 4) is 0 Å². The summed E-state index contributed by atoms with van der Waals surface area (Å²) in [7, 11) is 0. The molecular formula is C24H22N4O4. The van der Waals surface area contributed by atoms with Crippen LogP contribution in [0.5, 0.6) is 0 Å². The molecule has 1 fully saturated rings. The molecule has 1 N–H and O–H groups in total. The van der Waals surface area contributed by atoms with Crippen LogP contribution in [0.25, 0.3) is 0 Å². The molecule has 0 aliphatic carbocycles. The second-order valence-corrected chi connectivity index (χ2v) is 7.45. The number of rotatable bonds is 5. The summed E-state index contributed by atoms with van der Waals surface area (Å²) in [5.74, 6) is -0.282. The van der Waals surface area contributed by atoms with Crippen LogP contribution in [0.15, 0.2) is 78.9 Å². The van der Waals surface area contributed by atoms with Gasteiger partial charge < -0.3 is 15.1 Å². The molecule has 1 aliphatic heterocycles. The Kier molecular flexibility index (Phi) is 6.12. The molecule has 8 nitrogen and oxygen atoms in total. The van der Waals surface area contributed by atoms with Crippen LogP contribution in [0.4, 0.5) is 17.1 Å². The van der Waals surface area contributed by atoms with Crippen LogP contribution in [-0.4, -0.2) is 47.8 Å². The summed E-state index contributed by atoms with van der Waals surface area (Å²) in [5, 5.41) is 13.5. The van der Waals surface area contributed by atoms with Crippen LogP contribution in [0.2, 0.25) is 0 Å². The number of non-ortho nitro benzene ring substituents is 1. The minimum atomic E-state index is -0.502. The summed E-state index contributed by atoms with van der Waals surface area (Å²) in [6.45, 7) is 2.75. The lowest BCUT2D eigenvalue weighted by molar-refractivity contribution is -0.384. The molecule has 1 aliphatic rings. The molecule has 0 atom stereocenters. The Hall–Kier alpha value is -4.20. The number of carbonyl (C=O) groups is 2. The van der Waals surface area contributed by atoms with Crippen molar-refractivity contribution in [2.45, 2.75) is 0 Å². The molecule has 3 aromatic carbocycles. The predicted octanol–water partition coefficient (Wildman–Crippen LogP) is 3.81. The molecule has 3 aromatic rings. The number of carbonyl (C=O) groups excluding carboxylic acids is 2. The van der Waals surface area contributed by atoms with Crippen LogP contribution < -0.4 is 10.2 Å². The number of benzene rings is 3. The maximum absolute atomic E-state index is 12.6. The highest BCUT2D eigenvalue weighted by atomic mass is 16.6. The molecule has 1 heterocycles. The topological polar surface area (TPSA) is 95.8 Å². The third kappa shape index (κ3) is 4.75. The fourth-order valence-electron chi connectivity index (χ4n) is 3.62. The van der Waals surface area contributed by atoms with Crippen LogP contribution in [0.3, 0.4) is 0 Å². The summed E-state index contributed by atoms with van der Waals surface area (Å²) >= 11 is 0. The van der Waals surface area contributed by atoms with Gasteiger partial charge >= 0.3 is 0 Å². The van der Waals surface area contributed by atoms with Gasteiger partial charge in [0.15, 0.2) is 0 Å². The molecule has 0 aromatic heterocycles. The smallest absolute Gasteiger partial charge is 0.269 e. The Bertz CT molecular complexity index is 1110. The minimum Gasteiger partial charge on any atom is -0.368 e. The molecule has 0 radical (unpaired) electrons. The molecule has 0 unspecified atom stereocenters. The van der Waals surface area contributed by atoms with Gasteiger partial charge in [0.25, 0.3) is 17.5 Å². The van der Waals surface area contributed by atoms with E-state index in [0.29, 0.717) is 29.9 Å². The summed E-state index contributed by atoms with van der Waals surface area (Å²) in [6.07, 6.45) is 0. The van der Waals surface area contributed by atoms with E-state index in [-0.39, 0.29) is 17.5 Å². The van der Waals surface area contributed by atoms with E-state index >= 15 is 0 Å². The monoisotopic (exact) mass is 430 g/mol. The van der Waals surface area contributed by atoms with Gasteiger partial charge in [-0.15, -0.1) is 0 Å². The van der Waals surface area contributed by atoms with Crippen LogP contribution in [0, 0.1) is 10.1 Å². The van der Waals surface area contributed by atoms with Crippen LogP contribution in [0.1, 0.15) is 20.7 Å². The SMILES string of the molecule is O=C(Nc1ccc(N2CCN(C(=O)c3ccccc3)CC2)cc1)c1ccc([N+](=O)[O-])cc1. The number of nitrogens with zero attached hydrogens (tertiary/aromatic N) is 3. The molecule has 2 amide bonds. The highest BCUT2D eigenvalue weighted by molar-refractivity contribution is 6.04. The lowest BCUT2D eigenvalue weighted by atomic mass is 10.1. The summed E-state index contributed by atoms with van der Waals surface area (Å²) in [4.78, 5) is 39.3. The predicted molar refractivity (Wildman–Crippen MR) is 122 cm³/mol. The second kappa shape index (κ2) is 9.30. The average molecular weight is 430 g/mol. The van der Waals surface area contributed by atoms with Crippen molar-refractivity contribution in [3.05, 3.63) is 100 Å². The Morgan fingerprint density at radius 3 is 2.00 bits per heavy atom. The van der Waals surface area contributed by atoms with E-state index in [9.17, 15) is 19.7 Å². The number of hydrogen-bond acceptors (Lipinski definition) is 5. The molecule has 162 valence electrons. The molecule has 1 saturated heterocycles. The van der Waals surface area contributed by atoms with Gasteiger partial charge in [-0.2, -0.15) is 0 Å². The Morgan fingerprint density at radius 1 is 0.781 bits per heavy atom. The van der Waals surface area contributed by atoms with Crippen molar-refractivity contribution >= 4 is 28.9 Å². The van der Waals surface area contributed by atoms with E-state index in [2.05, 4.69) is 10.2 Å². The maximum atomic E-state index is 12.6. The number of piperazine rings is 1. The van der Waals surface area contributed by atoms with Crippen molar-refractivity contribution in [3.63, 3.8) is 0 Å². The fourth-order valence-corrected chi connectivity index (χ4v) is 3.62. The summed E-state index contributed by atoms with van der Waals surface area (Å²) in [6, 6.07) is 22.3. The molecule has 4 rings (SSSR count). The molecule has 0 bridgehead atoms. The maximum Gasteiger partial charge on any atom is 0.269 e. The first kappa shape index (κ1) is 21.0. The van der Waals surface area contributed by atoms with E-state index in [0.717, 1.165) is 18.8 Å². The van der Waals surface area contributed by atoms with Crippen LogP contribution in [-0.2, 0) is 0 Å². The van der Waals surface area contributed by atoms with E-state index in [1.165, 1.54) is 24.3 Å². The van der Waals surface area contributed by atoms with Gasteiger partial charge in [-0.1, -0.05) is 18.2 Å². The number of amides is 2. The fraction of sp³-hybridized carbons (Fsp3) is 0.167. The Balaban J connectivity index is 1.32. The molecule has 8 heteroatoms. The van der Waals surface area contributed by atoms with E-state index in [4.69, 9.17) is 0 Å². The van der Waals surface area contributed by atoms with Crippen molar-refractivity contribution < 1.29 is 14.5 Å². The highest BCUT2D eigenvalue weighted by Gasteiger charge is 2.22. The first-order valence-electron chi connectivity index (χ1n) is 10.3. The minimum absolute atomic E-state index is 0.0505. The number of anilines is 2. The van der Waals surface area contributed by atoms with E-state index in [1.54, 1.807) is 0 Å². The third-order valence-electron chi connectivity index (χ3n) is 5.42. The van der Waals surface area contributed by atoms with Gasteiger partial charge in [0.1, 0.15) is 0 Å². The second-order valence-electron chi connectivity index (χ2n) is 7.45. The van der Waals surface area contributed by atoms with Crippen molar-refractivity contribution in [1.29, 1.82) is 0 Å². The van der Waals surface area contributed by atoms with Gasteiger partial charge in [0.05, 0.1) is 4.92 Å². The van der Waals surface area contributed by atoms with Crippen molar-refractivity contribution in [2.75, 3.05) is 36.4 Å². The first-order valence-corrected chi connectivity index (χ1v) is 10.3. The van der Waals surface area contributed by atoms with Crippen molar-refractivity contribution in [1.82, 2.24) is 4.90 Å². The van der Waals surface area contributed by atoms with Crippen LogP contribution >= 0.6 is 0 Å². The standard InChI is InChI=1S/C24H22N4O4/c29-23(18-6-10-22(11-7-18)28(31)32)25-20-8-12-21(13-9-20)26-14-16-27(17-15-26)24(30)19-4-2-1-3-5-19/h1-13H,14-17H2,(H,25,29). The average Bonchev–Trinajstić information content (AvgIpc) is 2.85. The van der Waals surface area contributed by atoms with Gasteiger partial charge in [-0.3, -0.25) is 19.7 Å². The largest absolute Gasteiger partial charge is 0.368 e. The number of nitro groups is 1. The molecular weight excluding hydrogens is 408 g/mol. The van der Waals surface area contributed by atoms with E-state index in [1.807, 2.05) is 59.5 Å². The van der Waals surface area contributed by atoms with Crippen molar-refractivity contribution in [2.24, 2.45) is 0 Å². The zero-order valence-corrected chi connectivity index (χ0v) is 17.3. The van der Waals surface area contributed by atoms with Gasteiger partial charge in [-0.05, 0) is 48.5 Å². The Morgan fingerprint density at radius 2 is 1.41 bits per heavy atom. The number of hydrogen-bond donors (Lipinski definition) is 1. The van der Waals surface area contributed by atoms with Gasteiger partial charge in [0.2, 0.25) is 0 Å². The third-order valence-corrected chi connectivity index (χ3v) is 5.42. The van der Waals surface area contributed by atoms with Gasteiger partial charge in [0, 0.05) is 60.8 Å². The molecule has 0 spiro atoms. The normalized spacial score (nSPS) is 13.5. The lowest BCUT2D eigenvalue weighted by Gasteiger charge is -2.36. The van der Waals surface area contributed by atoms with E-state index < -0.39 is 4.92 Å². The number of nitrogens with one attached hydrogen (secondary N) is 1. The highest BCUT2D eigenvalue weighted by Crippen LogP contribution is 2.21. The number of nitro benzene ring substituents is 1. The quantitative estimate of drug-likeness (QED) is 0.491.